The van der Waals surface area contributed by atoms with Gasteiger partial charge in [0.05, 0.1) is 17.8 Å². The lowest BCUT2D eigenvalue weighted by Crippen LogP contribution is -2.32. The molecule has 1 aromatic carbocycles. The summed E-state index contributed by atoms with van der Waals surface area (Å²) < 4.78 is 7.51. The van der Waals surface area contributed by atoms with E-state index in [1.807, 2.05) is 23.0 Å². The molecule has 0 saturated carbocycles. The second-order valence-electron chi connectivity index (χ2n) is 6.30. The quantitative estimate of drug-likeness (QED) is 0.933. The molecular weight excluding hydrogens is 314 g/mol. The zero-order chi connectivity index (χ0) is 16.4. The minimum atomic E-state index is -0.227. The van der Waals surface area contributed by atoms with Crippen LogP contribution in [0.3, 0.4) is 0 Å². The Bertz CT molecular complexity index is 712. The molecule has 6 heteroatoms. The van der Waals surface area contributed by atoms with Gasteiger partial charge in [-0.15, -0.1) is 0 Å². The molecule has 0 bridgehead atoms. The summed E-state index contributed by atoms with van der Waals surface area (Å²) in [6.07, 6.45) is 4.16. The number of fused-ring (bicyclic) bond motifs is 1. The SMILES string of the molecule is CC(C)Cn1cc(NC(=O)C2COc3ccc(Cl)cc3C2)cn1. The molecule has 0 radical (unpaired) electrons. The number of anilines is 1. The van der Waals surface area contributed by atoms with Crippen LogP contribution >= 0.6 is 11.6 Å². The molecule has 5 nitrogen and oxygen atoms in total. The molecule has 2 aromatic rings. The van der Waals surface area contributed by atoms with E-state index in [2.05, 4.69) is 24.3 Å². The highest BCUT2D eigenvalue weighted by Gasteiger charge is 2.26. The maximum atomic E-state index is 12.4. The van der Waals surface area contributed by atoms with E-state index in [1.165, 1.54) is 0 Å². The minimum Gasteiger partial charge on any atom is -0.492 e. The van der Waals surface area contributed by atoms with Gasteiger partial charge in [0.15, 0.2) is 0 Å². The lowest BCUT2D eigenvalue weighted by molar-refractivity contribution is -0.121. The lowest BCUT2D eigenvalue weighted by Gasteiger charge is -2.24. The average molecular weight is 334 g/mol. The van der Waals surface area contributed by atoms with Gasteiger partial charge in [-0.3, -0.25) is 9.48 Å². The Morgan fingerprint density at radius 2 is 2.35 bits per heavy atom. The predicted octanol–water partition coefficient (Wildman–Crippen LogP) is 3.38. The summed E-state index contributed by atoms with van der Waals surface area (Å²) in [7, 11) is 0. The van der Waals surface area contributed by atoms with Crippen molar-refractivity contribution in [2.24, 2.45) is 11.8 Å². The third-order valence-electron chi connectivity index (χ3n) is 3.75. The molecule has 1 aromatic heterocycles. The van der Waals surface area contributed by atoms with Crippen molar-refractivity contribution < 1.29 is 9.53 Å². The smallest absolute Gasteiger partial charge is 0.231 e. The summed E-state index contributed by atoms with van der Waals surface area (Å²) in [4.78, 5) is 12.4. The maximum absolute atomic E-state index is 12.4. The number of carbonyl (C=O) groups is 1. The van der Waals surface area contributed by atoms with Gasteiger partial charge in [-0.2, -0.15) is 5.10 Å². The monoisotopic (exact) mass is 333 g/mol. The maximum Gasteiger partial charge on any atom is 0.231 e. The van der Waals surface area contributed by atoms with Gasteiger partial charge in [0.1, 0.15) is 12.4 Å². The van der Waals surface area contributed by atoms with Crippen LogP contribution in [0.5, 0.6) is 5.75 Å². The van der Waals surface area contributed by atoms with Crippen molar-refractivity contribution in [3.8, 4) is 5.75 Å². The summed E-state index contributed by atoms with van der Waals surface area (Å²) in [5.74, 6) is 1.03. The predicted molar refractivity (Wildman–Crippen MR) is 89.8 cm³/mol. The number of aromatic nitrogens is 2. The first-order valence-corrected chi connectivity index (χ1v) is 8.13. The van der Waals surface area contributed by atoms with Crippen LogP contribution in [0.25, 0.3) is 0 Å². The number of nitrogens with zero attached hydrogens (tertiary/aromatic N) is 2. The van der Waals surface area contributed by atoms with Crippen molar-refractivity contribution in [3.05, 3.63) is 41.2 Å². The van der Waals surface area contributed by atoms with E-state index in [-0.39, 0.29) is 11.8 Å². The molecule has 1 N–H and O–H groups in total. The topological polar surface area (TPSA) is 56.2 Å². The first-order valence-electron chi connectivity index (χ1n) is 7.76. The van der Waals surface area contributed by atoms with Crippen LogP contribution in [0.4, 0.5) is 5.69 Å². The molecule has 122 valence electrons. The van der Waals surface area contributed by atoms with Crippen LogP contribution in [-0.4, -0.2) is 22.3 Å². The summed E-state index contributed by atoms with van der Waals surface area (Å²) >= 11 is 6.01. The number of ether oxygens (including phenoxy) is 1. The molecular formula is C17H20ClN3O2. The summed E-state index contributed by atoms with van der Waals surface area (Å²) in [5.41, 5.74) is 1.69. The molecule has 23 heavy (non-hydrogen) atoms. The second kappa shape index (κ2) is 6.62. The highest BCUT2D eigenvalue weighted by Crippen LogP contribution is 2.30. The molecule has 0 saturated heterocycles. The van der Waals surface area contributed by atoms with E-state index < -0.39 is 0 Å². The largest absolute Gasteiger partial charge is 0.492 e. The molecule has 1 amide bonds. The molecule has 1 aliphatic heterocycles. The van der Waals surface area contributed by atoms with Crippen molar-refractivity contribution in [1.82, 2.24) is 9.78 Å². The van der Waals surface area contributed by atoms with Crippen LogP contribution in [0.15, 0.2) is 30.6 Å². The number of halogens is 1. The first kappa shape index (κ1) is 15.9. The van der Waals surface area contributed by atoms with Gasteiger partial charge in [-0.05, 0) is 36.1 Å². The standard InChI is InChI=1S/C17H20ClN3O2/c1-11(2)8-21-9-15(7-19-21)20-17(22)13-5-12-6-14(18)3-4-16(12)23-10-13/h3-4,6-7,9,11,13H,5,8,10H2,1-2H3,(H,20,22). The Kier molecular flexibility index (Phi) is 4.57. The third-order valence-corrected chi connectivity index (χ3v) is 3.99. The molecule has 2 heterocycles. The number of carbonyl (C=O) groups excluding carboxylic acids is 1. The van der Waals surface area contributed by atoms with Gasteiger partial charge in [0, 0.05) is 17.8 Å². The molecule has 0 spiro atoms. The van der Waals surface area contributed by atoms with E-state index in [1.54, 1.807) is 12.3 Å². The Hall–Kier alpha value is -2.01. The van der Waals surface area contributed by atoms with Crippen molar-refractivity contribution >= 4 is 23.2 Å². The third kappa shape index (κ3) is 3.85. The van der Waals surface area contributed by atoms with Crippen LogP contribution in [0.2, 0.25) is 5.02 Å². The molecule has 0 aliphatic carbocycles. The molecule has 0 fully saturated rings. The van der Waals surface area contributed by atoms with E-state index >= 15 is 0 Å². The number of amides is 1. The van der Waals surface area contributed by atoms with Crippen LogP contribution in [-0.2, 0) is 17.8 Å². The lowest BCUT2D eigenvalue weighted by atomic mass is 9.96. The van der Waals surface area contributed by atoms with Crippen molar-refractivity contribution in [3.63, 3.8) is 0 Å². The number of nitrogens with one attached hydrogen (secondary N) is 1. The Labute approximate surface area is 140 Å². The Morgan fingerprint density at radius 1 is 1.52 bits per heavy atom. The molecule has 3 rings (SSSR count). The fourth-order valence-electron chi connectivity index (χ4n) is 2.68. The fraction of sp³-hybridized carbons (Fsp3) is 0.412. The van der Waals surface area contributed by atoms with Gasteiger partial charge < -0.3 is 10.1 Å². The van der Waals surface area contributed by atoms with Crippen molar-refractivity contribution in [2.75, 3.05) is 11.9 Å². The Balaban J connectivity index is 1.64. The number of rotatable bonds is 4. The highest BCUT2D eigenvalue weighted by molar-refractivity contribution is 6.30. The van der Waals surface area contributed by atoms with Crippen molar-refractivity contribution in [2.45, 2.75) is 26.8 Å². The van der Waals surface area contributed by atoms with Gasteiger partial charge in [0.2, 0.25) is 5.91 Å². The van der Waals surface area contributed by atoms with E-state index in [4.69, 9.17) is 16.3 Å². The number of hydrogen-bond donors (Lipinski definition) is 1. The average Bonchev–Trinajstić information content (AvgIpc) is 2.92. The van der Waals surface area contributed by atoms with Gasteiger partial charge in [-0.1, -0.05) is 25.4 Å². The summed E-state index contributed by atoms with van der Waals surface area (Å²) in [5, 5.41) is 7.83. The highest BCUT2D eigenvalue weighted by atomic mass is 35.5. The number of hydrogen-bond acceptors (Lipinski definition) is 3. The number of benzene rings is 1. The van der Waals surface area contributed by atoms with Crippen LogP contribution < -0.4 is 10.1 Å². The molecule has 1 aliphatic rings. The van der Waals surface area contributed by atoms with E-state index in [0.29, 0.717) is 29.7 Å². The minimum absolute atomic E-state index is 0.0558. The fourth-order valence-corrected chi connectivity index (χ4v) is 2.87. The van der Waals surface area contributed by atoms with Crippen LogP contribution in [0, 0.1) is 11.8 Å². The van der Waals surface area contributed by atoms with E-state index in [0.717, 1.165) is 17.9 Å². The zero-order valence-corrected chi connectivity index (χ0v) is 14.0. The van der Waals surface area contributed by atoms with Crippen LogP contribution in [0.1, 0.15) is 19.4 Å². The Morgan fingerprint density at radius 3 is 3.13 bits per heavy atom. The summed E-state index contributed by atoms with van der Waals surface area (Å²) in [6, 6.07) is 5.50. The first-order chi connectivity index (χ1) is 11.0. The van der Waals surface area contributed by atoms with Gasteiger partial charge >= 0.3 is 0 Å². The van der Waals surface area contributed by atoms with Gasteiger partial charge in [-0.25, -0.2) is 0 Å². The zero-order valence-electron chi connectivity index (χ0n) is 13.3. The molecule has 1 unspecified atom stereocenters. The molecule has 1 atom stereocenters. The van der Waals surface area contributed by atoms with Gasteiger partial charge in [0.25, 0.3) is 0 Å². The normalized spacial score (nSPS) is 16.8. The second-order valence-corrected chi connectivity index (χ2v) is 6.73. The van der Waals surface area contributed by atoms with Crippen molar-refractivity contribution in [1.29, 1.82) is 0 Å². The summed E-state index contributed by atoms with van der Waals surface area (Å²) in [6.45, 7) is 5.46. The van der Waals surface area contributed by atoms with E-state index in [9.17, 15) is 4.79 Å².